The highest BCUT2D eigenvalue weighted by Crippen LogP contribution is 2.24. The first-order valence-electron chi connectivity index (χ1n) is 7.54. The Labute approximate surface area is 116 Å². The quantitative estimate of drug-likeness (QED) is 0.745. The van der Waals surface area contributed by atoms with Crippen LogP contribution in [0.15, 0.2) is 0 Å². The van der Waals surface area contributed by atoms with Crippen LogP contribution >= 0.6 is 0 Å². The van der Waals surface area contributed by atoms with Crippen molar-refractivity contribution in [3.8, 4) is 0 Å². The molecule has 112 valence electrons. The zero-order valence-electron chi connectivity index (χ0n) is 14.0. The van der Waals surface area contributed by atoms with Crippen molar-refractivity contribution in [2.24, 2.45) is 22.8 Å². The SMILES string of the molecule is CC(C)(C)CC(C)(C)N.CCCC[C@H](CC)CN. The minimum atomic E-state index is -0.0156. The van der Waals surface area contributed by atoms with Crippen LogP contribution in [-0.4, -0.2) is 12.1 Å². The lowest BCUT2D eigenvalue weighted by Crippen LogP contribution is -2.36. The van der Waals surface area contributed by atoms with E-state index in [4.69, 9.17) is 11.5 Å². The monoisotopic (exact) mass is 258 g/mol. The second-order valence-corrected chi connectivity index (χ2v) is 7.38. The summed E-state index contributed by atoms with van der Waals surface area (Å²) >= 11 is 0. The molecule has 0 heterocycles. The Morgan fingerprint density at radius 3 is 1.67 bits per heavy atom. The molecule has 0 spiro atoms. The Bertz CT molecular complexity index is 159. The van der Waals surface area contributed by atoms with Crippen LogP contribution < -0.4 is 11.5 Å². The largest absolute Gasteiger partial charge is 0.330 e. The fourth-order valence-corrected chi connectivity index (χ4v) is 2.35. The summed E-state index contributed by atoms with van der Waals surface area (Å²) < 4.78 is 0. The maximum absolute atomic E-state index is 5.82. The van der Waals surface area contributed by atoms with Crippen LogP contribution in [0.1, 0.15) is 80.6 Å². The second-order valence-electron chi connectivity index (χ2n) is 7.38. The number of hydrogen-bond acceptors (Lipinski definition) is 2. The van der Waals surface area contributed by atoms with E-state index in [1.54, 1.807) is 0 Å². The van der Waals surface area contributed by atoms with Crippen molar-refractivity contribution in [1.29, 1.82) is 0 Å². The highest BCUT2D eigenvalue weighted by molar-refractivity contribution is 4.78. The normalized spacial score (nSPS) is 13.8. The van der Waals surface area contributed by atoms with E-state index in [1.165, 1.54) is 25.7 Å². The van der Waals surface area contributed by atoms with E-state index in [0.717, 1.165) is 18.9 Å². The first-order chi connectivity index (χ1) is 8.05. The van der Waals surface area contributed by atoms with E-state index < -0.39 is 0 Å². The fourth-order valence-electron chi connectivity index (χ4n) is 2.35. The average molecular weight is 258 g/mol. The summed E-state index contributed by atoms with van der Waals surface area (Å²) in [6.07, 6.45) is 6.28. The summed E-state index contributed by atoms with van der Waals surface area (Å²) in [6, 6.07) is 0. The standard InChI is InChI=1S/2C8H19N/c1-7(2,3)6-8(4,5)9;1-3-5-6-8(4-2)7-9/h6,9H2,1-5H3;8H,3-7,9H2,1-2H3/t;8-/m.0/s1. The average Bonchev–Trinajstić information content (AvgIpc) is 2.15. The van der Waals surface area contributed by atoms with Gasteiger partial charge in [0.25, 0.3) is 0 Å². The van der Waals surface area contributed by atoms with Gasteiger partial charge in [-0.05, 0) is 44.6 Å². The van der Waals surface area contributed by atoms with Gasteiger partial charge in [0, 0.05) is 5.54 Å². The highest BCUT2D eigenvalue weighted by atomic mass is 14.7. The number of hydrogen-bond donors (Lipinski definition) is 2. The lowest BCUT2D eigenvalue weighted by molar-refractivity contribution is 0.286. The molecule has 2 heteroatoms. The summed E-state index contributed by atoms with van der Waals surface area (Å²) in [4.78, 5) is 0. The summed E-state index contributed by atoms with van der Waals surface area (Å²) in [5.41, 5.74) is 11.7. The van der Waals surface area contributed by atoms with Gasteiger partial charge in [-0.2, -0.15) is 0 Å². The van der Waals surface area contributed by atoms with Gasteiger partial charge in [-0.25, -0.2) is 0 Å². The molecule has 0 rings (SSSR count). The molecule has 0 aliphatic heterocycles. The van der Waals surface area contributed by atoms with Gasteiger partial charge in [-0.15, -0.1) is 0 Å². The molecule has 0 fully saturated rings. The molecular weight excluding hydrogens is 220 g/mol. The third-order valence-corrected chi connectivity index (χ3v) is 2.86. The molecule has 0 saturated heterocycles. The van der Waals surface area contributed by atoms with E-state index in [0.29, 0.717) is 5.41 Å². The Balaban J connectivity index is 0. The van der Waals surface area contributed by atoms with Gasteiger partial charge in [0.2, 0.25) is 0 Å². The van der Waals surface area contributed by atoms with Crippen molar-refractivity contribution < 1.29 is 0 Å². The van der Waals surface area contributed by atoms with E-state index in [9.17, 15) is 0 Å². The molecular formula is C16H38N2. The highest BCUT2D eigenvalue weighted by Gasteiger charge is 2.20. The molecule has 0 amide bonds. The minimum absolute atomic E-state index is 0.0156. The molecule has 2 nitrogen and oxygen atoms in total. The Morgan fingerprint density at radius 1 is 1.00 bits per heavy atom. The smallest absolute Gasteiger partial charge is 0.0102 e. The molecule has 4 N–H and O–H groups in total. The van der Waals surface area contributed by atoms with Gasteiger partial charge >= 0.3 is 0 Å². The van der Waals surface area contributed by atoms with Gasteiger partial charge in [0.05, 0.1) is 0 Å². The third-order valence-electron chi connectivity index (χ3n) is 2.86. The number of rotatable bonds is 6. The number of nitrogens with two attached hydrogens (primary N) is 2. The van der Waals surface area contributed by atoms with Crippen LogP contribution in [-0.2, 0) is 0 Å². The molecule has 0 aliphatic carbocycles. The summed E-state index contributed by atoms with van der Waals surface area (Å²) in [5.74, 6) is 0.782. The molecule has 0 bridgehead atoms. The Hall–Kier alpha value is -0.0800. The van der Waals surface area contributed by atoms with E-state index >= 15 is 0 Å². The predicted octanol–water partition coefficient (Wildman–Crippen LogP) is 4.32. The molecule has 0 saturated carbocycles. The van der Waals surface area contributed by atoms with Crippen molar-refractivity contribution in [2.45, 2.75) is 86.1 Å². The predicted molar refractivity (Wildman–Crippen MR) is 84.7 cm³/mol. The zero-order valence-corrected chi connectivity index (χ0v) is 14.0. The minimum Gasteiger partial charge on any atom is -0.330 e. The van der Waals surface area contributed by atoms with Gasteiger partial charge in [0.1, 0.15) is 0 Å². The summed E-state index contributed by atoms with van der Waals surface area (Å²) in [6.45, 7) is 16.1. The molecule has 0 radical (unpaired) electrons. The summed E-state index contributed by atoms with van der Waals surface area (Å²) in [5, 5.41) is 0. The van der Waals surface area contributed by atoms with E-state index in [2.05, 4.69) is 48.5 Å². The maximum atomic E-state index is 5.82. The van der Waals surface area contributed by atoms with Crippen LogP contribution in [0.5, 0.6) is 0 Å². The Morgan fingerprint density at radius 2 is 1.50 bits per heavy atom. The van der Waals surface area contributed by atoms with Crippen molar-refractivity contribution in [2.75, 3.05) is 6.54 Å². The molecule has 0 aromatic heterocycles. The van der Waals surface area contributed by atoms with Crippen LogP contribution in [0.25, 0.3) is 0 Å². The molecule has 0 aliphatic rings. The molecule has 0 aromatic rings. The molecule has 0 aromatic carbocycles. The zero-order chi connectivity index (χ0) is 14.8. The first-order valence-corrected chi connectivity index (χ1v) is 7.54. The molecule has 0 unspecified atom stereocenters. The lowest BCUT2D eigenvalue weighted by atomic mass is 9.82. The van der Waals surface area contributed by atoms with Crippen LogP contribution in [0.3, 0.4) is 0 Å². The van der Waals surface area contributed by atoms with Crippen LogP contribution in [0.2, 0.25) is 0 Å². The van der Waals surface area contributed by atoms with Crippen molar-refractivity contribution >= 4 is 0 Å². The van der Waals surface area contributed by atoms with Crippen LogP contribution in [0, 0.1) is 11.3 Å². The van der Waals surface area contributed by atoms with Gasteiger partial charge in [0.15, 0.2) is 0 Å². The van der Waals surface area contributed by atoms with Crippen molar-refractivity contribution in [3.63, 3.8) is 0 Å². The second kappa shape index (κ2) is 9.80. The fraction of sp³-hybridized carbons (Fsp3) is 1.00. The van der Waals surface area contributed by atoms with Crippen LogP contribution in [0.4, 0.5) is 0 Å². The van der Waals surface area contributed by atoms with Crippen molar-refractivity contribution in [1.82, 2.24) is 0 Å². The van der Waals surface area contributed by atoms with Gasteiger partial charge < -0.3 is 11.5 Å². The van der Waals surface area contributed by atoms with E-state index in [-0.39, 0.29) is 5.54 Å². The first kappa shape index (κ1) is 20.2. The maximum Gasteiger partial charge on any atom is 0.0102 e. The third kappa shape index (κ3) is 18.3. The van der Waals surface area contributed by atoms with Gasteiger partial charge in [-0.3, -0.25) is 0 Å². The topological polar surface area (TPSA) is 52.0 Å². The lowest BCUT2D eigenvalue weighted by Gasteiger charge is -2.28. The van der Waals surface area contributed by atoms with Crippen molar-refractivity contribution in [3.05, 3.63) is 0 Å². The number of unbranched alkanes of at least 4 members (excludes halogenated alkanes) is 1. The molecule has 18 heavy (non-hydrogen) atoms. The summed E-state index contributed by atoms with van der Waals surface area (Å²) in [7, 11) is 0. The van der Waals surface area contributed by atoms with Gasteiger partial charge in [-0.1, -0.05) is 53.9 Å². The van der Waals surface area contributed by atoms with E-state index in [1.807, 2.05) is 0 Å². The molecule has 1 atom stereocenters. The Kier molecular flexibility index (Phi) is 11.0.